The lowest BCUT2D eigenvalue weighted by Gasteiger charge is -2.19. The molecule has 2 rings (SSSR count). The number of thiophene rings is 1. The maximum absolute atomic E-state index is 5.17. The van der Waals surface area contributed by atoms with E-state index < -0.39 is 0 Å². The fourth-order valence-electron chi connectivity index (χ4n) is 2.06. The van der Waals surface area contributed by atoms with Crippen molar-refractivity contribution in [1.82, 2.24) is 15.1 Å². The van der Waals surface area contributed by atoms with Crippen molar-refractivity contribution in [1.29, 1.82) is 0 Å². The fourth-order valence-corrected chi connectivity index (χ4v) is 4.75. The zero-order valence-corrected chi connectivity index (χ0v) is 17.3. The summed E-state index contributed by atoms with van der Waals surface area (Å²) in [6.45, 7) is 4.35. The number of hydrogen-bond donors (Lipinski definition) is 1. The molecule has 0 bridgehead atoms. The van der Waals surface area contributed by atoms with Gasteiger partial charge in [-0.3, -0.25) is 4.68 Å². The van der Waals surface area contributed by atoms with E-state index in [-0.39, 0.29) is 6.04 Å². The lowest BCUT2D eigenvalue weighted by Crippen LogP contribution is -2.25. The van der Waals surface area contributed by atoms with Crippen LogP contribution in [0.4, 0.5) is 0 Å². The van der Waals surface area contributed by atoms with Crippen molar-refractivity contribution < 1.29 is 4.74 Å². The summed E-state index contributed by atoms with van der Waals surface area (Å²) in [5.74, 6) is 0. The van der Waals surface area contributed by atoms with E-state index in [0.29, 0.717) is 6.61 Å². The van der Waals surface area contributed by atoms with Crippen LogP contribution in [0.25, 0.3) is 0 Å². The van der Waals surface area contributed by atoms with Gasteiger partial charge in [-0.05, 0) is 60.4 Å². The summed E-state index contributed by atoms with van der Waals surface area (Å²) in [5, 5.41) is 7.98. The van der Waals surface area contributed by atoms with Gasteiger partial charge in [-0.25, -0.2) is 0 Å². The molecule has 1 N–H and O–H groups in total. The predicted octanol–water partition coefficient (Wildman–Crippen LogP) is 4.58. The number of nitrogens with zero attached hydrogens (tertiary/aromatic N) is 2. The van der Waals surface area contributed by atoms with Crippen LogP contribution < -0.4 is 5.32 Å². The molecule has 0 amide bonds. The van der Waals surface area contributed by atoms with E-state index in [1.165, 1.54) is 4.88 Å². The van der Waals surface area contributed by atoms with Crippen LogP contribution in [0.3, 0.4) is 0 Å². The van der Waals surface area contributed by atoms with Crippen molar-refractivity contribution >= 4 is 59.1 Å². The highest BCUT2D eigenvalue weighted by Gasteiger charge is 2.23. The summed E-state index contributed by atoms with van der Waals surface area (Å²) < 4.78 is 10.3. The van der Waals surface area contributed by atoms with E-state index in [1.54, 1.807) is 18.4 Å². The largest absolute Gasteiger partial charge is 0.383 e. The standard InChI is InChI=1S/C13H16Br3N3OS/c1-3-17-11(10-6-8(14)13(16)21-10)12-9(15)7-18-19(12)4-5-20-2/h6-7,11,17H,3-5H2,1-2H3. The SMILES string of the molecule is CCNC(c1cc(Br)c(Br)s1)c1c(Br)cnn1CCOC. The number of aromatic nitrogens is 2. The highest BCUT2D eigenvalue weighted by molar-refractivity contribution is 9.13. The van der Waals surface area contributed by atoms with Gasteiger partial charge in [-0.2, -0.15) is 5.10 Å². The van der Waals surface area contributed by atoms with Crippen LogP contribution in [0.1, 0.15) is 23.5 Å². The first-order valence-electron chi connectivity index (χ1n) is 6.46. The molecule has 0 aliphatic heterocycles. The average molecular weight is 502 g/mol. The summed E-state index contributed by atoms with van der Waals surface area (Å²) in [5.41, 5.74) is 1.12. The molecule has 0 saturated carbocycles. The minimum Gasteiger partial charge on any atom is -0.383 e. The highest BCUT2D eigenvalue weighted by Crippen LogP contribution is 2.39. The van der Waals surface area contributed by atoms with Crippen molar-refractivity contribution in [2.75, 3.05) is 20.3 Å². The molecule has 0 radical (unpaired) electrons. The van der Waals surface area contributed by atoms with Gasteiger partial charge in [-0.1, -0.05) is 6.92 Å². The number of nitrogens with one attached hydrogen (secondary N) is 1. The summed E-state index contributed by atoms with van der Waals surface area (Å²) in [4.78, 5) is 1.23. The van der Waals surface area contributed by atoms with Crippen LogP contribution in [-0.4, -0.2) is 30.0 Å². The molecule has 1 unspecified atom stereocenters. The second kappa shape index (κ2) is 8.21. The first-order valence-corrected chi connectivity index (χ1v) is 9.66. The molecule has 21 heavy (non-hydrogen) atoms. The van der Waals surface area contributed by atoms with Gasteiger partial charge in [0.25, 0.3) is 0 Å². The Labute approximate surface area is 153 Å². The topological polar surface area (TPSA) is 39.1 Å². The third kappa shape index (κ3) is 4.17. The molecule has 2 heterocycles. The smallest absolute Gasteiger partial charge is 0.0854 e. The first-order chi connectivity index (χ1) is 10.1. The van der Waals surface area contributed by atoms with Crippen LogP contribution >= 0.6 is 59.1 Å². The molecule has 0 aliphatic carbocycles. The number of rotatable bonds is 7. The number of halogens is 3. The number of hydrogen-bond acceptors (Lipinski definition) is 4. The zero-order chi connectivity index (χ0) is 15.4. The van der Waals surface area contributed by atoms with Crippen LogP contribution in [0.15, 0.2) is 25.0 Å². The Morgan fingerprint density at radius 2 is 2.14 bits per heavy atom. The first kappa shape index (κ1) is 17.6. The molecule has 0 saturated heterocycles. The lowest BCUT2D eigenvalue weighted by atomic mass is 10.1. The van der Waals surface area contributed by atoms with E-state index in [4.69, 9.17) is 4.74 Å². The van der Waals surface area contributed by atoms with E-state index in [1.807, 2.05) is 10.9 Å². The molecule has 2 aromatic rings. The Balaban J connectivity index is 2.40. The van der Waals surface area contributed by atoms with Crippen LogP contribution in [0.5, 0.6) is 0 Å². The van der Waals surface area contributed by atoms with Crippen molar-refractivity contribution in [2.24, 2.45) is 0 Å². The third-order valence-corrected chi connectivity index (χ3v) is 6.90. The Morgan fingerprint density at radius 1 is 1.38 bits per heavy atom. The van der Waals surface area contributed by atoms with E-state index in [0.717, 1.165) is 31.5 Å². The fraction of sp³-hybridized carbons (Fsp3) is 0.462. The van der Waals surface area contributed by atoms with Gasteiger partial charge in [0, 0.05) is 16.5 Å². The Morgan fingerprint density at radius 3 is 2.71 bits per heavy atom. The van der Waals surface area contributed by atoms with Gasteiger partial charge in [0.15, 0.2) is 0 Å². The van der Waals surface area contributed by atoms with Gasteiger partial charge in [0.2, 0.25) is 0 Å². The Kier molecular flexibility index (Phi) is 6.89. The lowest BCUT2D eigenvalue weighted by molar-refractivity contribution is 0.182. The zero-order valence-electron chi connectivity index (χ0n) is 11.7. The molecule has 4 nitrogen and oxygen atoms in total. The van der Waals surface area contributed by atoms with Crippen LogP contribution in [0, 0.1) is 0 Å². The molecule has 8 heteroatoms. The van der Waals surface area contributed by atoms with Crippen molar-refractivity contribution in [3.05, 3.63) is 35.6 Å². The molecular weight excluding hydrogens is 486 g/mol. The van der Waals surface area contributed by atoms with E-state index in [9.17, 15) is 0 Å². The molecule has 0 fully saturated rings. The summed E-state index contributed by atoms with van der Waals surface area (Å²) in [7, 11) is 1.70. The van der Waals surface area contributed by atoms with Crippen LogP contribution in [0.2, 0.25) is 0 Å². The molecule has 1 atom stereocenters. The molecule has 0 spiro atoms. The van der Waals surface area contributed by atoms with Crippen molar-refractivity contribution in [3.63, 3.8) is 0 Å². The molecule has 2 aromatic heterocycles. The maximum atomic E-state index is 5.17. The Hall–Kier alpha value is 0.270. The molecule has 116 valence electrons. The molecule has 0 aromatic carbocycles. The highest BCUT2D eigenvalue weighted by atomic mass is 79.9. The molecule has 0 aliphatic rings. The van der Waals surface area contributed by atoms with Gasteiger partial charge >= 0.3 is 0 Å². The van der Waals surface area contributed by atoms with E-state index in [2.05, 4.69) is 71.2 Å². The minimum absolute atomic E-state index is 0.0938. The van der Waals surface area contributed by atoms with Crippen molar-refractivity contribution in [2.45, 2.75) is 19.5 Å². The summed E-state index contributed by atoms with van der Waals surface area (Å²) in [6.07, 6.45) is 1.84. The predicted molar refractivity (Wildman–Crippen MR) is 97.0 cm³/mol. The van der Waals surface area contributed by atoms with Gasteiger partial charge in [-0.15, -0.1) is 11.3 Å². The quantitative estimate of drug-likeness (QED) is 0.603. The van der Waals surface area contributed by atoms with Crippen molar-refractivity contribution in [3.8, 4) is 0 Å². The second-order valence-corrected chi connectivity index (χ2v) is 8.47. The normalized spacial score (nSPS) is 12.8. The van der Waals surface area contributed by atoms with Crippen LogP contribution in [-0.2, 0) is 11.3 Å². The second-order valence-electron chi connectivity index (χ2n) is 4.35. The third-order valence-electron chi connectivity index (χ3n) is 2.97. The van der Waals surface area contributed by atoms with Gasteiger partial charge in [0.05, 0.1) is 39.3 Å². The van der Waals surface area contributed by atoms with Gasteiger partial charge < -0.3 is 10.1 Å². The summed E-state index contributed by atoms with van der Waals surface area (Å²) in [6, 6.07) is 2.23. The van der Waals surface area contributed by atoms with Gasteiger partial charge in [0.1, 0.15) is 0 Å². The van der Waals surface area contributed by atoms with E-state index >= 15 is 0 Å². The summed E-state index contributed by atoms with van der Waals surface area (Å²) >= 11 is 12.5. The Bertz CT molecular complexity index is 580. The number of methoxy groups -OCH3 is 1. The monoisotopic (exact) mass is 499 g/mol. The maximum Gasteiger partial charge on any atom is 0.0854 e. The minimum atomic E-state index is 0.0938. The number of ether oxygens (including phenoxy) is 1. The average Bonchev–Trinajstić information content (AvgIpc) is 2.98. The molecular formula is C13H16Br3N3OS.